The van der Waals surface area contributed by atoms with Crippen molar-refractivity contribution in [2.75, 3.05) is 11.1 Å². The van der Waals surface area contributed by atoms with E-state index in [1.165, 1.54) is 12.1 Å². The molecule has 0 amide bonds. The molecular formula is C11H8F3N3. The van der Waals surface area contributed by atoms with Crippen LogP contribution in [0.25, 0.3) is 0 Å². The van der Waals surface area contributed by atoms with E-state index < -0.39 is 17.5 Å². The Hall–Kier alpha value is -2.24. The number of benzene rings is 1. The fourth-order valence-electron chi connectivity index (χ4n) is 1.31. The van der Waals surface area contributed by atoms with E-state index >= 15 is 0 Å². The van der Waals surface area contributed by atoms with E-state index in [2.05, 4.69) is 10.3 Å². The van der Waals surface area contributed by atoms with Crippen molar-refractivity contribution in [3.8, 4) is 0 Å². The van der Waals surface area contributed by atoms with Crippen molar-refractivity contribution in [1.82, 2.24) is 4.98 Å². The summed E-state index contributed by atoms with van der Waals surface area (Å²) in [5.74, 6) is -2.90. The summed E-state index contributed by atoms with van der Waals surface area (Å²) >= 11 is 0. The SMILES string of the molecule is Nc1cccc(Nc2cc(F)cc(F)c2F)n1. The Bertz CT molecular complexity index is 558. The third-order valence-electron chi connectivity index (χ3n) is 2.03. The van der Waals surface area contributed by atoms with Crippen LogP contribution >= 0.6 is 0 Å². The summed E-state index contributed by atoms with van der Waals surface area (Å²) < 4.78 is 39.1. The maximum atomic E-state index is 13.3. The molecule has 1 aromatic heterocycles. The van der Waals surface area contributed by atoms with Crippen molar-refractivity contribution < 1.29 is 13.2 Å². The summed E-state index contributed by atoms with van der Waals surface area (Å²) in [6.45, 7) is 0. The number of hydrogen-bond acceptors (Lipinski definition) is 3. The molecule has 2 rings (SSSR count). The summed E-state index contributed by atoms with van der Waals surface area (Å²) in [7, 11) is 0. The van der Waals surface area contributed by atoms with Crippen LogP contribution in [-0.2, 0) is 0 Å². The van der Waals surface area contributed by atoms with E-state index in [0.29, 0.717) is 6.07 Å². The predicted octanol–water partition coefficient (Wildman–Crippen LogP) is 2.82. The number of halogens is 3. The second-order valence-electron chi connectivity index (χ2n) is 3.32. The third kappa shape index (κ3) is 2.47. The summed E-state index contributed by atoms with van der Waals surface area (Å²) in [5, 5.41) is 2.45. The molecule has 0 unspecified atom stereocenters. The zero-order valence-electron chi connectivity index (χ0n) is 8.55. The third-order valence-corrected chi connectivity index (χ3v) is 2.03. The van der Waals surface area contributed by atoms with Gasteiger partial charge >= 0.3 is 0 Å². The first-order valence-electron chi connectivity index (χ1n) is 4.70. The van der Waals surface area contributed by atoms with Gasteiger partial charge in [0.1, 0.15) is 17.5 Å². The molecule has 6 heteroatoms. The highest BCUT2D eigenvalue weighted by atomic mass is 19.2. The van der Waals surface area contributed by atoms with Crippen molar-refractivity contribution in [2.45, 2.75) is 0 Å². The van der Waals surface area contributed by atoms with Crippen LogP contribution in [-0.4, -0.2) is 4.98 Å². The predicted molar refractivity (Wildman–Crippen MR) is 58.2 cm³/mol. The maximum Gasteiger partial charge on any atom is 0.182 e. The zero-order valence-corrected chi connectivity index (χ0v) is 8.55. The second kappa shape index (κ2) is 4.32. The Morgan fingerprint density at radius 1 is 1.12 bits per heavy atom. The number of nitrogens with zero attached hydrogens (tertiary/aromatic N) is 1. The normalized spacial score (nSPS) is 10.3. The highest BCUT2D eigenvalue weighted by Gasteiger charge is 2.11. The van der Waals surface area contributed by atoms with E-state index in [1.807, 2.05) is 0 Å². The Morgan fingerprint density at radius 2 is 1.88 bits per heavy atom. The molecule has 0 aliphatic rings. The van der Waals surface area contributed by atoms with E-state index in [4.69, 9.17) is 5.73 Å². The molecule has 2 aromatic rings. The van der Waals surface area contributed by atoms with Crippen LogP contribution in [0.3, 0.4) is 0 Å². The van der Waals surface area contributed by atoms with Crippen molar-refractivity contribution in [3.63, 3.8) is 0 Å². The average Bonchev–Trinajstić information content (AvgIpc) is 2.25. The number of pyridine rings is 1. The van der Waals surface area contributed by atoms with Gasteiger partial charge in [-0.05, 0) is 12.1 Å². The largest absolute Gasteiger partial charge is 0.384 e. The number of rotatable bonds is 2. The molecule has 1 heterocycles. The van der Waals surface area contributed by atoms with Gasteiger partial charge in [0, 0.05) is 12.1 Å². The van der Waals surface area contributed by atoms with Crippen LogP contribution < -0.4 is 11.1 Å². The van der Waals surface area contributed by atoms with Crippen molar-refractivity contribution >= 4 is 17.3 Å². The van der Waals surface area contributed by atoms with Crippen LogP contribution in [0, 0.1) is 17.5 Å². The molecule has 0 saturated heterocycles. The monoisotopic (exact) mass is 239 g/mol. The number of nitrogen functional groups attached to an aromatic ring is 1. The Labute approximate surface area is 95.1 Å². The molecule has 3 nitrogen and oxygen atoms in total. The van der Waals surface area contributed by atoms with Crippen LogP contribution in [0.15, 0.2) is 30.3 Å². The van der Waals surface area contributed by atoms with Gasteiger partial charge in [0.2, 0.25) is 0 Å². The number of nitrogens with two attached hydrogens (primary N) is 1. The van der Waals surface area contributed by atoms with Gasteiger partial charge in [-0.3, -0.25) is 0 Å². The highest BCUT2D eigenvalue weighted by molar-refractivity contribution is 5.58. The molecular weight excluding hydrogens is 231 g/mol. The number of nitrogens with one attached hydrogen (secondary N) is 1. The van der Waals surface area contributed by atoms with Crippen LogP contribution in [0.4, 0.5) is 30.5 Å². The second-order valence-corrected chi connectivity index (χ2v) is 3.32. The average molecular weight is 239 g/mol. The van der Waals surface area contributed by atoms with Gasteiger partial charge < -0.3 is 11.1 Å². The Morgan fingerprint density at radius 3 is 2.59 bits per heavy atom. The maximum absolute atomic E-state index is 13.3. The fraction of sp³-hybridized carbons (Fsp3) is 0. The standard InChI is InChI=1S/C11H8F3N3/c12-6-4-7(13)11(14)8(5-6)16-10-3-1-2-9(15)17-10/h1-5H,(H3,15,16,17). The minimum atomic E-state index is -1.27. The van der Waals surface area contributed by atoms with Gasteiger partial charge in [-0.25, -0.2) is 18.2 Å². The van der Waals surface area contributed by atoms with Crippen LogP contribution in [0.1, 0.15) is 0 Å². The topological polar surface area (TPSA) is 50.9 Å². The molecule has 3 N–H and O–H groups in total. The quantitative estimate of drug-likeness (QED) is 0.792. The minimum absolute atomic E-state index is 0.203. The van der Waals surface area contributed by atoms with Gasteiger partial charge in [0.25, 0.3) is 0 Å². The first-order valence-corrected chi connectivity index (χ1v) is 4.70. The molecule has 0 saturated carbocycles. The summed E-state index contributed by atoms with van der Waals surface area (Å²) in [6, 6.07) is 5.92. The van der Waals surface area contributed by atoms with E-state index in [-0.39, 0.29) is 17.3 Å². The first kappa shape index (κ1) is 11.3. The molecule has 0 spiro atoms. The smallest absolute Gasteiger partial charge is 0.182 e. The Kier molecular flexibility index (Phi) is 2.86. The lowest BCUT2D eigenvalue weighted by molar-refractivity contribution is 0.498. The molecule has 0 aliphatic carbocycles. The van der Waals surface area contributed by atoms with Gasteiger partial charge in [0.05, 0.1) is 5.69 Å². The van der Waals surface area contributed by atoms with Crippen molar-refractivity contribution in [2.24, 2.45) is 0 Å². The summed E-state index contributed by atoms with van der Waals surface area (Å²) in [5.41, 5.74) is 5.08. The van der Waals surface area contributed by atoms with Crippen molar-refractivity contribution in [3.05, 3.63) is 47.8 Å². The number of hydrogen-bond donors (Lipinski definition) is 2. The van der Waals surface area contributed by atoms with E-state index in [9.17, 15) is 13.2 Å². The Balaban J connectivity index is 2.36. The molecule has 17 heavy (non-hydrogen) atoms. The molecule has 0 fully saturated rings. The number of aromatic nitrogens is 1. The molecule has 0 aliphatic heterocycles. The van der Waals surface area contributed by atoms with Crippen LogP contribution in [0.2, 0.25) is 0 Å². The fourth-order valence-corrected chi connectivity index (χ4v) is 1.31. The number of anilines is 3. The van der Waals surface area contributed by atoms with Crippen LogP contribution in [0.5, 0.6) is 0 Å². The summed E-state index contributed by atoms with van der Waals surface area (Å²) in [4.78, 5) is 3.82. The summed E-state index contributed by atoms with van der Waals surface area (Å²) in [6.07, 6.45) is 0. The highest BCUT2D eigenvalue weighted by Crippen LogP contribution is 2.22. The first-order chi connectivity index (χ1) is 8.06. The molecule has 1 aromatic carbocycles. The molecule has 0 bridgehead atoms. The van der Waals surface area contributed by atoms with Gasteiger partial charge in [0.15, 0.2) is 11.6 Å². The van der Waals surface area contributed by atoms with E-state index in [1.54, 1.807) is 6.07 Å². The molecule has 0 radical (unpaired) electrons. The lowest BCUT2D eigenvalue weighted by atomic mass is 10.2. The van der Waals surface area contributed by atoms with Gasteiger partial charge in [-0.2, -0.15) is 0 Å². The lowest BCUT2D eigenvalue weighted by Crippen LogP contribution is -2.00. The van der Waals surface area contributed by atoms with E-state index in [0.717, 1.165) is 6.07 Å². The van der Waals surface area contributed by atoms with Gasteiger partial charge in [-0.1, -0.05) is 6.07 Å². The minimum Gasteiger partial charge on any atom is -0.384 e. The molecule has 0 atom stereocenters. The van der Waals surface area contributed by atoms with Crippen molar-refractivity contribution in [1.29, 1.82) is 0 Å². The van der Waals surface area contributed by atoms with Gasteiger partial charge in [-0.15, -0.1) is 0 Å². The molecule has 88 valence electrons. The zero-order chi connectivity index (χ0) is 12.4. The lowest BCUT2D eigenvalue weighted by Gasteiger charge is -2.07.